The molecule has 0 aliphatic rings. The number of aliphatic hydroxyl groups is 1. The van der Waals surface area contributed by atoms with E-state index in [-0.39, 0.29) is 12.4 Å². The van der Waals surface area contributed by atoms with Crippen LogP contribution >= 0.6 is 0 Å². The maximum Gasteiger partial charge on any atom is 0.257 e. The van der Waals surface area contributed by atoms with E-state index < -0.39 is 6.10 Å². The average molecular weight is 234 g/mol. The summed E-state index contributed by atoms with van der Waals surface area (Å²) in [6.07, 6.45) is 3.35. The Hall–Kier alpha value is -1.79. The molecule has 6 nitrogen and oxygen atoms in total. The van der Waals surface area contributed by atoms with Gasteiger partial charge in [-0.05, 0) is 18.1 Å². The van der Waals surface area contributed by atoms with Gasteiger partial charge in [-0.25, -0.2) is 0 Å². The molecule has 2 heterocycles. The number of hydrogen-bond acceptors (Lipinski definition) is 6. The van der Waals surface area contributed by atoms with Gasteiger partial charge in [-0.3, -0.25) is 4.98 Å². The maximum absolute atomic E-state index is 9.48. The van der Waals surface area contributed by atoms with Gasteiger partial charge in [-0.2, -0.15) is 4.98 Å². The predicted octanol–water partition coefficient (Wildman–Crippen LogP) is 0.686. The highest BCUT2D eigenvalue weighted by Crippen LogP contribution is 2.21. The van der Waals surface area contributed by atoms with Gasteiger partial charge in [0.15, 0.2) is 0 Å². The summed E-state index contributed by atoms with van der Waals surface area (Å²) in [5, 5.41) is 13.3. The number of aryl methyl sites for hydroxylation is 1. The van der Waals surface area contributed by atoms with Crippen LogP contribution in [0.1, 0.15) is 24.5 Å². The standard InChI is InChI=1S/C11H14N4O2/c1-2-7-6-13-4-3-8(7)10-14-11(17-15-10)9(16)5-12/h3-4,6,9,16H,2,5,12H2,1H3. The van der Waals surface area contributed by atoms with E-state index in [0.29, 0.717) is 5.82 Å². The van der Waals surface area contributed by atoms with Gasteiger partial charge in [0.1, 0.15) is 6.10 Å². The second kappa shape index (κ2) is 5.03. The molecule has 0 spiro atoms. The van der Waals surface area contributed by atoms with Crippen LogP contribution in [0, 0.1) is 0 Å². The van der Waals surface area contributed by atoms with Gasteiger partial charge in [0.25, 0.3) is 5.89 Å². The first-order valence-electron chi connectivity index (χ1n) is 5.41. The third kappa shape index (κ3) is 2.32. The molecule has 0 saturated carbocycles. The number of nitrogens with zero attached hydrogens (tertiary/aromatic N) is 3. The second-order valence-corrected chi connectivity index (χ2v) is 3.59. The van der Waals surface area contributed by atoms with Crippen molar-refractivity contribution in [2.24, 2.45) is 5.73 Å². The third-order valence-electron chi connectivity index (χ3n) is 2.48. The Morgan fingerprint density at radius 1 is 1.53 bits per heavy atom. The largest absolute Gasteiger partial charge is 0.382 e. The summed E-state index contributed by atoms with van der Waals surface area (Å²) >= 11 is 0. The fraction of sp³-hybridized carbons (Fsp3) is 0.364. The average Bonchev–Trinajstić information content (AvgIpc) is 2.87. The van der Waals surface area contributed by atoms with Gasteiger partial charge in [-0.1, -0.05) is 12.1 Å². The molecular weight excluding hydrogens is 220 g/mol. The Bertz CT molecular complexity index is 498. The summed E-state index contributed by atoms with van der Waals surface area (Å²) in [6.45, 7) is 2.08. The molecule has 1 atom stereocenters. The van der Waals surface area contributed by atoms with Gasteiger partial charge >= 0.3 is 0 Å². The summed E-state index contributed by atoms with van der Waals surface area (Å²) in [7, 11) is 0. The van der Waals surface area contributed by atoms with Crippen LogP contribution in [0.2, 0.25) is 0 Å². The van der Waals surface area contributed by atoms with Crippen LogP contribution in [0.5, 0.6) is 0 Å². The lowest BCUT2D eigenvalue weighted by molar-refractivity contribution is 0.141. The van der Waals surface area contributed by atoms with Crippen molar-refractivity contribution in [1.29, 1.82) is 0 Å². The molecule has 0 aliphatic carbocycles. The lowest BCUT2D eigenvalue weighted by atomic mass is 10.1. The van der Waals surface area contributed by atoms with Crippen LogP contribution in [0.3, 0.4) is 0 Å². The molecule has 0 aromatic carbocycles. The van der Waals surface area contributed by atoms with E-state index in [9.17, 15) is 5.11 Å². The minimum Gasteiger partial charge on any atom is -0.382 e. The minimum absolute atomic E-state index is 0.0542. The normalized spacial score (nSPS) is 12.6. The Labute approximate surface area is 98.5 Å². The van der Waals surface area contributed by atoms with Crippen molar-refractivity contribution >= 4 is 0 Å². The summed E-state index contributed by atoms with van der Waals surface area (Å²) in [5.74, 6) is 0.591. The molecule has 2 aromatic heterocycles. The number of pyridine rings is 1. The lowest BCUT2D eigenvalue weighted by Gasteiger charge is -2.01. The van der Waals surface area contributed by atoms with Gasteiger partial charge in [-0.15, -0.1) is 0 Å². The molecule has 2 rings (SSSR count). The van der Waals surface area contributed by atoms with Crippen LogP contribution in [0.4, 0.5) is 0 Å². The Morgan fingerprint density at radius 2 is 2.35 bits per heavy atom. The monoisotopic (exact) mass is 234 g/mol. The highest BCUT2D eigenvalue weighted by molar-refractivity contribution is 5.58. The van der Waals surface area contributed by atoms with E-state index in [0.717, 1.165) is 17.5 Å². The van der Waals surface area contributed by atoms with E-state index in [1.165, 1.54) is 0 Å². The van der Waals surface area contributed by atoms with Crippen molar-refractivity contribution < 1.29 is 9.63 Å². The lowest BCUT2D eigenvalue weighted by Crippen LogP contribution is -2.11. The maximum atomic E-state index is 9.48. The molecule has 3 N–H and O–H groups in total. The molecule has 0 radical (unpaired) electrons. The van der Waals surface area contributed by atoms with E-state index >= 15 is 0 Å². The molecule has 0 saturated heterocycles. The van der Waals surface area contributed by atoms with E-state index in [2.05, 4.69) is 15.1 Å². The molecule has 0 aliphatic heterocycles. The number of rotatable bonds is 4. The van der Waals surface area contributed by atoms with Gasteiger partial charge < -0.3 is 15.4 Å². The van der Waals surface area contributed by atoms with Crippen LogP contribution in [-0.2, 0) is 6.42 Å². The molecular formula is C11H14N4O2. The van der Waals surface area contributed by atoms with E-state index in [1.807, 2.05) is 13.0 Å². The van der Waals surface area contributed by atoms with Gasteiger partial charge in [0.2, 0.25) is 5.82 Å². The van der Waals surface area contributed by atoms with Crippen LogP contribution in [0.15, 0.2) is 23.0 Å². The van der Waals surface area contributed by atoms with Crippen molar-refractivity contribution in [3.63, 3.8) is 0 Å². The SMILES string of the molecule is CCc1cnccc1-c1noc(C(O)CN)n1. The molecule has 6 heteroatoms. The van der Waals surface area contributed by atoms with Crippen LogP contribution in [0.25, 0.3) is 11.4 Å². The molecule has 0 fully saturated rings. The number of aliphatic hydroxyl groups excluding tert-OH is 1. The highest BCUT2D eigenvalue weighted by Gasteiger charge is 2.16. The first-order valence-corrected chi connectivity index (χ1v) is 5.41. The van der Waals surface area contributed by atoms with Crippen molar-refractivity contribution in [3.8, 4) is 11.4 Å². The van der Waals surface area contributed by atoms with Crippen LogP contribution in [-0.4, -0.2) is 26.8 Å². The van der Waals surface area contributed by atoms with Crippen molar-refractivity contribution in [1.82, 2.24) is 15.1 Å². The molecule has 17 heavy (non-hydrogen) atoms. The van der Waals surface area contributed by atoms with Crippen molar-refractivity contribution in [2.75, 3.05) is 6.54 Å². The molecule has 1 unspecified atom stereocenters. The summed E-state index contributed by atoms with van der Waals surface area (Å²) in [6, 6.07) is 1.82. The smallest absolute Gasteiger partial charge is 0.257 e. The molecule has 90 valence electrons. The first-order chi connectivity index (χ1) is 8.26. The number of hydrogen-bond donors (Lipinski definition) is 2. The van der Waals surface area contributed by atoms with E-state index in [4.69, 9.17) is 10.3 Å². The Kier molecular flexibility index (Phi) is 3.46. The van der Waals surface area contributed by atoms with Gasteiger partial charge in [0, 0.05) is 24.5 Å². The van der Waals surface area contributed by atoms with Crippen molar-refractivity contribution in [2.45, 2.75) is 19.4 Å². The quantitative estimate of drug-likeness (QED) is 0.807. The Morgan fingerprint density at radius 3 is 3.06 bits per heavy atom. The molecule has 0 amide bonds. The van der Waals surface area contributed by atoms with Crippen molar-refractivity contribution in [3.05, 3.63) is 29.9 Å². The highest BCUT2D eigenvalue weighted by atomic mass is 16.5. The second-order valence-electron chi connectivity index (χ2n) is 3.59. The van der Waals surface area contributed by atoms with E-state index in [1.54, 1.807) is 12.4 Å². The predicted molar refractivity (Wildman–Crippen MR) is 60.9 cm³/mol. The fourth-order valence-corrected chi connectivity index (χ4v) is 1.51. The minimum atomic E-state index is -0.914. The number of aromatic nitrogens is 3. The summed E-state index contributed by atoms with van der Waals surface area (Å²) < 4.78 is 4.96. The zero-order valence-corrected chi connectivity index (χ0v) is 9.50. The zero-order chi connectivity index (χ0) is 12.3. The zero-order valence-electron chi connectivity index (χ0n) is 9.50. The summed E-state index contributed by atoms with van der Waals surface area (Å²) in [5.41, 5.74) is 7.21. The third-order valence-corrected chi connectivity index (χ3v) is 2.48. The molecule has 0 bridgehead atoms. The summed E-state index contributed by atoms with van der Waals surface area (Å²) in [4.78, 5) is 8.17. The Balaban J connectivity index is 2.37. The topological polar surface area (TPSA) is 98.1 Å². The number of nitrogens with two attached hydrogens (primary N) is 1. The van der Waals surface area contributed by atoms with Crippen LogP contribution < -0.4 is 5.73 Å². The fourth-order valence-electron chi connectivity index (χ4n) is 1.51. The molecule has 2 aromatic rings. The first kappa shape index (κ1) is 11.7. The van der Waals surface area contributed by atoms with Gasteiger partial charge in [0.05, 0.1) is 0 Å².